The Morgan fingerprint density at radius 1 is 1.05 bits per heavy atom. The monoisotopic (exact) mass is 270 g/mol. The maximum Gasteiger partial charge on any atom is 0.321 e. The summed E-state index contributed by atoms with van der Waals surface area (Å²) in [6, 6.07) is -0.437. The van der Waals surface area contributed by atoms with Gasteiger partial charge in [0.1, 0.15) is 0 Å². The molecule has 6 nitrogen and oxygen atoms in total. The van der Waals surface area contributed by atoms with Gasteiger partial charge in [0, 0.05) is 12.5 Å². The van der Waals surface area contributed by atoms with Crippen LogP contribution in [-0.4, -0.2) is 29.1 Å². The summed E-state index contributed by atoms with van der Waals surface area (Å²) < 4.78 is 0. The van der Waals surface area contributed by atoms with E-state index in [1.54, 1.807) is 0 Å². The summed E-state index contributed by atoms with van der Waals surface area (Å²) in [5.74, 6) is -0.476. The fourth-order valence-electron chi connectivity index (χ4n) is 2.70. The number of carbonyl (C=O) groups is 3. The van der Waals surface area contributed by atoms with Crippen molar-refractivity contribution in [1.29, 1.82) is 0 Å². The smallest absolute Gasteiger partial charge is 0.321 e. The number of amides is 3. The van der Waals surface area contributed by atoms with Gasteiger partial charge in [-0.25, -0.2) is 4.79 Å². The highest BCUT2D eigenvalue weighted by Crippen LogP contribution is 2.28. The molecule has 6 heteroatoms. The van der Waals surface area contributed by atoms with Crippen LogP contribution in [0.25, 0.3) is 0 Å². The minimum Gasteiger partial charge on any atom is -0.481 e. The van der Waals surface area contributed by atoms with Crippen molar-refractivity contribution >= 4 is 17.9 Å². The lowest BCUT2D eigenvalue weighted by molar-refractivity contribution is -0.138. The molecule has 0 saturated heterocycles. The van der Waals surface area contributed by atoms with E-state index in [1.807, 2.05) is 0 Å². The van der Waals surface area contributed by atoms with Gasteiger partial charge in [0.25, 0.3) is 0 Å². The van der Waals surface area contributed by atoms with E-state index in [0.717, 1.165) is 19.3 Å². The number of carbonyl (C=O) groups excluding carboxylic acids is 2. The van der Waals surface area contributed by atoms with Crippen molar-refractivity contribution in [2.45, 2.75) is 52.0 Å². The maximum absolute atomic E-state index is 11.6. The van der Waals surface area contributed by atoms with Crippen molar-refractivity contribution in [3.63, 3.8) is 0 Å². The Morgan fingerprint density at radius 2 is 1.63 bits per heavy atom. The van der Waals surface area contributed by atoms with Crippen molar-refractivity contribution in [2.24, 2.45) is 11.8 Å². The highest BCUT2D eigenvalue weighted by atomic mass is 16.4. The average Bonchev–Trinajstić information content (AvgIpc) is 2.24. The minimum atomic E-state index is -1.05. The summed E-state index contributed by atoms with van der Waals surface area (Å²) in [5, 5.41) is 13.4. The van der Waals surface area contributed by atoms with Crippen LogP contribution in [0.4, 0.5) is 4.79 Å². The van der Waals surface area contributed by atoms with E-state index in [4.69, 9.17) is 5.11 Å². The van der Waals surface area contributed by atoms with Crippen LogP contribution in [0.5, 0.6) is 0 Å². The second-order valence-electron chi connectivity index (χ2n) is 5.53. The van der Waals surface area contributed by atoms with Crippen molar-refractivity contribution in [3.8, 4) is 0 Å². The van der Waals surface area contributed by atoms with Crippen LogP contribution in [0.15, 0.2) is 0 Å². The number of hydrogen-bond donors (Lipinski definition) is 3. The average molecular weight is 270 g/mol. The molecule has 108 valence electrons. The highest BCUT2D eigenvalue weighted by molar-refractivity contribution is 5.95. The largest absolute Gasteiger partial charge is 0.481 e. The van der Waals surface area contributed by atoms with Gasteiger partial charge in [-0.2, -0.15) is 0 Å². The molecule has 2 unspecified atom stereocenters. The first-order valence-corrected chi connectivity index (χ1v) is 6.69. The van der Waals surface area contributed by atoms with E-state index in [9.17, 15) is 14.4 Å². The van der Waals surface area contributed by atoms with E-state index in [0.29, 0.717) is 11.8 Å². The SMILES string of the molecule is CC1CC(C)CC(NC(=O)NC(=O)CCC(=O)O)C1. The maximum atomic E-state index is 11.6. The summed E-state index contributed by atoms with van der Waals surface area (Å²) in [6.07, 6.45) is 2.55. The molecular formula is C13H22N2O4. The minimum absolute atomic E-state index is 0.0889. The fraction of sp³-hybridized carbons (Fsp3) is 0.769. The van der Waals surface area contributed by atoms with Gasteiger partial charge in [0.2, 0.25) is 5.91 Å². The quantitative estimate of drug-likeness (QED) is 0.721. The Labute approximate surface area is 112 Å². The topological polar surface area (TPSA) is 95.5 Å². The third-order valence-corrected chi connectivity index (χ3v) is 3.33. The molecule has 2 atom stereocenters. The Bertz CT molecular complexity index is 347. The molecule has 0 bridgehead atoms. The second kappa shape index (κ2) is 7.11. The van der Waals surface area contributed by atoms with Crippen molar-refractivity contribution in [2.75, 3.05) is 0 Å². The molecular weight excluding hydrogens is 248 g/mol. The molecule has 1 aliphatic carbocycles. The Kier molecular flexibility index (Phi) is 5.79. The predicted octanol–water partition coefficient (Wildman–Crippen LogP) is 1.50. The molecule has 0 spiro atoms. The molecule has 3 amide bonds. The number of nitrogens with one attached hydrogen (secondary N) is 2. The molecule has 0 heterocycles. The Balaban J connectivity index is 2.30. The zero-order valence-corrected chi connectivity index (χ0v) is 11.4. The number of carboxylic acids is 1. The lowest BCUT2D eigenvalue weighted by atomic mass is 9.80. The number of hydrogen-bond acceptors (Lipinski definition) is 3. The van der Waals surface area contributed by atoms with Crippen LogP contribution in [0.3, 0.4) is 0 Å². The Morgan fingerprint density at radius 3 is 2.16 bits per heavy atom. The molecule has 0 aromatic rings. The summed E-state index contributed by atoms with van der Waals surface area (Å²) in [4.78, 5) is 33.2. The first-order valence-electron chi connectivity index (χ1n) is 6.69. The van der Waals surface area contributed by atoms with Crippen LogP contribution in [0, 0.1) is 11.8 Å². The third kappa shape index (κ3) is 6.22. The summed E-state index contributed by atoms with van der Waals surface area (Å²) in [5.41, 5.74) is 0. The fourth-order valence-corrected chi connectivity index (χ4v) is 2.70. The van der Waals surface area contributed by atoms with Crippen molar-refractivity contribution in [1.82, 2.24) is 10.6 Å². The van der Waals surface area contributed by atoms with E-state index in [2.05, 4.69) is 24.5 Å². The van der Waals surface area contributed by atoms with Crippen LogP contribution in [0.2, 0.25) is 0 Å². The standard InChI is InChI=1S/C13H22N2O4/c1-8-5-9(2)7-10(6-8)14-13(19)15-11(16)3-4-12(17)18/h8-10H,3-7H2,1-2H3,(H,17,18)(H2,14,15,16,19). The van der Waals surface area contributed by atoms with Crippen LogP contribution in [-0.2, 0) is 9.59 Å². The molecule has 3 N–H and O–H groups in total. The molecule has 0 radical (unpaired) electrons. The summed E-state index contributed by atoms with van der Waals surface area (Å²) >= 11 is 0. The van der Waals surface area contributed by atoms with Crippen LogP contribution < -0.4 is 10.6 Å². The highest BCUT2D eigenvalue weighted by Gasteiger charge is 2.25. The predicted molar refractivity (Wildman–Crippen MR) is 69.5 cm³/mol. The molecule has 1 saturated carbocycles. The van der Waals surface area contributed by atoms with Gasteiger partial charge in [0.05, 0.1) is 6.42 Å². The normalized spacial score (nSPS) is 26.5. The number of carboxylic acid groups (broad SMARTS) is 1. The number of rotatable bonds is 4. The van der Waals surface area contributed by atoms with Crippen LogP contribution in [0.1, 0.15) is 46.0 Å². The van der Waals surface area contributed by atoms with E-state index in [-0.39, 0.29) is 18.9 Å². The summed E-state index contributed by atoms with van der Waals surface area (Å²) in [7, 11) is 0. The molecule has 1 aliphatic rings. The molecule has 0 aliphatic heterocycles. The molecule has 0 aromatic heterocycles. The second-order valence-corrected chi connectivity index (χ2v) is 5.53. The lowest BCUT2D eigenvalue weighted by Gasteiger charge is -2.31. The third-order valence-electron chi connectivity index (χ3n) is 3.33. The zero-order chi connectivity index (χ0) is 14.4. The van der Waals surface area contributed by atoms with Gasteiger partial charge >= 0.3 is 12.0 Å². The van der Waals surface area contributed by atoms with E-state index in [1.165, 1.54) is 0 Å². The van der Waals surface area contributed by atoms with Gasteiger partial charge in [-0.3, -0.25) is 14.9 Å². The van der Waals surface area contributed by atoms with Crippen molar-refractivity contribution in [3.05, 3.63) is 0 Å². The van der Waals surface area contributed by atoms with Gasteiger partial charge in [-0.15, -0.1) is 0 Å². The summed E-state index contributed by atoms with van der Waals surface area (Å²) in [6.45, 7) is 4.31. The zero-order valence-electron chi connectivity index (χ0n) is 11.4. The van der Waals surface area contributed by atoms with Crippen LogP contribution >= 0.6 is 0 Å². The Hall–Kier alpha value is -1.59. The van der Waals surface area contributed by atoms with Gasteiger partial charge in [-0.1, -0.05) is 13.8 Å². The number of urea groups is 1. The first-order chi connectivity index (χ1) is 8.86. The number of imide groups is 1. The molecule has 19 heavy (non-hydrogen) atoms. The molecule has 1 fully saturated rings. The first kappa shape index (κ1) is 15.5. The van der Waals surface area contributed by atoms with E-state index < -0.39 is 17.9 Å². The molecule has 0 aromatic carbocycles. The number of aliphatic carboxylic acids is 1. The van der Waals surface area contributed by atoms with Crippen molar-refractivity contribution < 1.29 is 19.5 Å². The lowest BCUT2D eigenvalue weighted by Crippen LogP contribution is -2.46. The van der Waals surface area contributed by atoms with Gasteiger partial charge in [0.15, 0.2) is 0 Å². The molecule has 1 rings (SSSR count). The van der Waals surface area contributed by atoms with Gasteiger partial charge < -0.3 is 10.4 Å². The van der Waals surface area contributed by atoms with E-state index >= 15 is 0 Å². The van der Waals surface area contributed by atoms with Gasteiger partial charge in [-0.05, 0) is 31.1 Å².